The van der Waals surface area contributed by atoms with Crippen molar-refractivity contribution in [1.29, 1.82) is 0 Å². The van der Waals surface area contributed by atoms with Crippen molar-refractivity contribution < 1.29 is 14.7 Å². The van der Waals surface area contributed by atoms with Crippen molar-refractivity contribution in [2.75, 3.05) is 17.3 Å². The molecule has 0 atom stereocenters. The second-order valence-corrected chi connectivity index (χ2v) is 7.48. The SMILES string of the molecule is Cc1ccc(C2=C(SCCO)C(=O)N(c3ccccc3Cl)C2=O)cc1C. The summed E-state index contributed by atoms with van der Waals surface area (Å²) in [6, 6.07) is 12.5. The van der Waals surface area contributed by atoms with Crippen LogP contribution in [0.25, 0.3) is 5.57 Å². The average molecular weight is 388 g/mol. The van der Waals surface area contributed by atoms with Crippen molar-refractivity contribution in [2.24, 2.45) is 0 Å². The van der Waals surface area contributed by atoms with Gasteiger partial charge >= 0.3 is 0 Å². The molecule has 0 saturated carbocycles. The first-order chi connectivity index (χ1) is 12.5. The molecular formula is C20H18ClNO3S. The first kappa shape index (κ1) is 18.7. The molecule has 2 aromatic rings. The summed E-state index contributed by atoms with van der Waals surface area (Å²) in [5.41, 5.74) is 3.57. The third kappa shape index (κ3) is 3.30. The lowest BCUT2D eigenvalue weighted by Crippen LogP contribution is -2.31. The Hall–Kier alpha value is -2.08. The van der Waals surface area contributed by atoms with Crippen LogP contribution in [-0.2, 0) is 9.59 Å². The summed E-state index contributed by atoms with van der Waals surface area (Å²) < 4.78 is 0. The maximum atomic E-state index is 13.2. The maximum absolute atomic E-state index is 13.2. The number of imide groups is 1. The molecule has 2 amide bonds. The van der Waals surface area contributed by atoms with Crippen LogP contribution in [0.1, 0.15) is 16.7 Å². The monoisotopic (exact) mass is 387 g/mol. The summed E-state index contributed by atoms with van der Waals surface area (Å²) in [6.45, 7) is 3.88. The number of amides is 2. The number of rotatable bonds is 5. The summed E-state index contributed by atoms with van der Waals surface area (Å²) in [5.74, 6) is -0.472. The minimum absolute atomic E-state index is 0.0814. The normalized spacial score (nSPS) is 14.5. The van der Waals surface area contributed by atoms with E-state index in [1.54, 1.807) is 24.3 Å². The summed E-state index contributed by atoms with van der Waals surface area (Å²) in [6.07, 6.45) is 0. The predicted molar refractivity (Wildman–Crippen MR) is 106 cm³/mol. The van der Waals surface area contributed by atoms with Gasteiger partial charge in [-0.15, -0.1) is 11.8 Å². The maximum Gasteiger partial charge on any atom is 0.272 e. The molecule has 26 heavy (non-hydrogen) atoms. The van der Waals surface area contributed by atoms with Gasteiger partial charge in [0.15, 0.2) is 0 Å². The lowest BCUT2D eigenvalue weighted by atomic mass is 10.0. The molecule has 0 spiro atoms. The van der Waals surface area contributed by atoms with Crippen LogP contribution in [0.3, 0.4) is 0 Å². The highest BCUT2D eigenvalue weighted by molar-refractivity contribution is 8.04. The number of nitrogens with zero attached hydrogens (tertiary/aromatic N) is 1. The summed E-state index contributed by atoms with van der Waals surface area (Å²) in [5, 5.41) is 9.50. The Balaban J connectivity index is 2.12. The third-order valence-corrected chi connectivity index (χ3v) is 5.64. The van der Waals surface area contributed by atoms with Crippen molar-refractivity contribution in [3.8, 4) is 0 Å². The number of hydrogen-bond acceptors (Lipinski definition) is 4. The number of carbonyl (C=O) groups excluding carboxylic acids is 2. The summed E-state index contributed by atoms with van der Waals surface area (Å²) >= 11 is 7.40. The fourth-order valence-corrected chi connectivity index (χ4v) is 3.87. The van der Waals surface area contributed by atoms with Gasteiger partial charge in [-0.25, -0.2) is 4.90 Å². The fourth-order valence-electron chi connectivity index (χ4n) is 2.79. The number of aryl methyl sites for hydroxylation is 2. The Morgan fingerprint density at radius 3 is 2.42 bits per heavy atom. The standard InChI is InChI=1S/C20H18ClNO3S/c1-12-7-8-14(11-13(12)2)17-18(26-10-9-23)20(25)22(19(17)24)16-6-4-3-5-15(16)21/h3-8,11,23H,9-10H2,1-2H3. The number of hydrogen-bond donors (Lipinski definition) is 1. The predicted octanol–water partition coefficient (Wildman–Crippen LogP) is 3.97. The number of aliphatic hydroxyl groups is 1. The van der Waals surface area contributed by atoms with Gasteiger partial charge < -0.3 is 5.11 Å². The van der Waals surface area contributed by atoms with Crippen LogP contribution >= 0.6 is 23.4 Å². The lowest BCUT2D eigenvalue weighted by molar-refractivity contribution is -0.119. The second kappa shape index (κ2) is 7.66. The lowest BCUT2D eigenvalue weighted by Gasteiger charge is -2.16. The van der Waals surface area contributed by atoms with Gasteiger partial charge in [0.1, 0.15) is 0 Å². The van der Waals surface area contributed by atoms with Crippen LogP contribution in [0.5, 0.6) is 0 Å². The van der Waals surface area contributed by atoms with Gasteiger partial charge in [0, 0.05) is 5.75 Å². The van der Waals surface area contributed by atoms with Crippen molar-refractivity contribution >= 4 is 46.4 Å². The molecule has 0 saturated heterocycles. The van der Waals surface area contributed by atoms with Crippen molar-refractivity contribution in [2.45, 2.75) is 13.8 Å². The highest BCUT2D eigenvalue weighted by Gasteiger charge is 2.40. The Morgan fingerprint density at radius 2 is 1.77 bits per heavy atom. The van der Waals surface area contributed by atoms with Gasteiger partial charge in [0.25, 0.3) is 11.8 Å². The zero-order chi connectivity index (χ0) is 18.8. The van der Waals surface area contributed by atoms with E-state index >= 15 is 0 Å². The number of thioether (sulfide) groups is 1. The summed E-state index contributed by atoms with van der Waals surface area (Å²) in [7, 11) is 0. The van der Waals surface area contributed by atoms with Crippen LogP contribution in [0.2, 0.25) is 5.02 Å². The van der Waals surface area contributed by atoms with E-state index in [1.807, 2.05) is 32.0 Å². The van der Waals surface area contributed by atoms with Crippen LogP contribution in [-0.4, -0.2) is 29.3 Å². The molecule has 1 heterocycles. The molecule has 0 fully saturated rings. The first-order valence-electron chi connectivity index (χ1n) is 8.14. The van der Waals surface area contributed by atoms with Gasteiger partial charge in [-0.05, 0) is 42.7 Å². The van der Waals surface area contributed by atoms with E-state index in [1.165, 1.54) is 11.8 Å². The molecule has 2 aromatic carbocycles. The first-order valence-corrected chi connectivity index (χ1v) is 9.51. The van der Waals surface area contributed by atoms with Crippen LogP contribution < -0.4 is 4.90 Å². The van der Waals surface area contributed by atoms with Gasteiger partial charge in [0.2, 0.25) is 0 Å². The molecule has 1 N–H and O–H groups in total. The van der Waals surface area contributed by atoms with E-state index in [0.29, 0.717) is 32.5 Å². The molecule has 1 aliphatic heterocycles. The number of para-hydroxylation sites is 1. The van der Waals surface area contributed by atoms with E-state index in [9.17, 15) is 9.59 Å². The Morgan fingerprint density at radius 1 is 1.04 bits per heavy atom. The van der Waals surface area contributed by atoms with E-state index in [0.717, 1.165) is 16.0 Å². The van der Waals surface area contributed by atoms with Gasteiger partial charge in [-0.3, -0.25) is 9.59 Å². The molecule has 0 aliphatic carbocycles. The van der Waals surface area contributed by atoms with Crippen LogP contribution in [0, 0.1) is 13.8 Å². The topological polar surface area (TPSA) is 57.6 Å². The average Bonchev–Trinajstić information content (AvgIpc) is 2.86. The Bertz CT molecular complexity index is 923. The van der Waals surface area contributed by atoms with Gasteiger partial charge in [-0.2, -0.15) is 0 Å². The summed E-state index contributed by atoms with van der Waals surface area (Å²) in [4.78, 5) is 27.6. The molecule has 3 rings (SSSR count). The number of aliphatic hydroxyl groups excluding tert-OH is 1. The molecule has 0 unspecified atom stereocenters. The number of benzene rings is 2. The Labute approximate surface area is 161 Å². The van der Waals surface area contributed by atoms with Crippen molar-refractivity contribution in [3.63, 3.8) is 0 Å². The van der Waals surface area contributed by atoms with E-state index in [4.69, 9.17) is 16.7 Å². The molecule has 0 bridgehead atoms. The fraction of sp³-hybridized carbons (Fsp3) is 0.200. The third-order valence-electron chi connectivity index (χ3n) is 4.27. The molecular weight excluding hydrogens is 370 g/mol. The molecule has 134 valence electrons. The van der Waals surface area contributed by atoms with E-state index < -0.39 is 11.8 Å². The molecule has 0 radical (unpaired) electrons. The molecule has 4 nitrogen and oxygen atoms in total. The van der Waals surface area contributed by atoms with Gasteiger partial charge in [-0.1, -0.05) is 41.9 Å². The minimum Gasteiger partial charge on any atom is -0.396 e. The molecule has 1 aliphatic rings. The minimum atomic E-state index is -0.408. The van der Waals surface area contributed by atoms with Crippen molar-refractivity contribution in [3.05, 3.63) is 69.1 Å². The Kier molecular flexibility index (Phi) is 5.51. The number of carbonyl (C=O) groups is 2. The molecule has 0 aromatic heterocycles. The van der Waals surface area contributed by atoms with Crippen LogP contribution in [0.15, 0.2) is 47.4 Å². The zero-order valence-electron chi connectivity index (χ0n) is 14.5. The van der Waals surface area contributed by atoms with Crippen molar-refractivity contribution in [1.82, 2.24) is 0 Å². The van der Waals surface area contributed by atoms with E-state index in [-0.39, 0.29) is 6.61 Å². The largest absolute Gasteiger partial charge is 0.396 e. The van der Waals surface area contributed by atoms with Gasteiger partial charge in [0.05, 0.1) is 27.8 Å². The quantitative estimate of drug-likeness (QED) is 0.789. The molecule has 6 heteroatoms. The highest BCUT2D eigenvalue weighted by Crippen LogP contribution is 2.40. The smallest absolute Gasteiger partial charge is 0.272 e. The second-order valence-electron chi connectivity index (χ2n) is 5.97. The van der Waals surface area contributed by atoms with E-state index in [2.05, 4.69) is 0 Å². The number of anilines is 1. The highest BCUT2D eigenvalue weighted by atomic mass is 35.5. The zero-order valence-corrected chi connectivity index (χ0v) is 16.0. The van der Waals surface area contributed by atoms with Crippen LogP contribution in [0.4, 0.5) is 5.69 Å². The number of halogens is 1.